The summed E-state index contributed by atoms with van der Waals surface area (Å²) < 4.78 is 0. The first-order chi connectivity index (χ1) is 8.15. The van der Waals surface area contributed by atoms with Gasteiger partial charge in [0.25, 0.3) is 0 Å². The van der Waals surface area contributed by atoms with Gasteiger partial charge in [-0.05, 0) is 51.9 Å². The molecule has 0 spiro atoms. The molecule has 0 N–H and O–H groups in total. The van der Waals surface area contributed by atoms with Crippen LogP contribution in [0, 0.1) is 5.92 Å². The molecule has 2 unspecified atom stereocenters. The minimum absolute atomic E-state index is 0.575. The van der Waals surface area contributed by atoms with E-state index in [9.17, 15) is 0 Å². The van der Waals surface area contributed by atoms with Gasteiger partial charge in [0.15, 0.2) is 0 Å². The third kappa shape index (κ3) is 5.47. The van der Waals surface area contributed by atoms with Gasteiger partial charge in [-0.15, -0.1) is 0 Å². The summed E-state index contributed by atoms with van der Waals surface area (Å²) in [5.74, 6) is 0.767. The van der Waals surface area contributed by atoms with Crippen LogP contribution >= 0.6 is 0 Å². The maximum Gasteiger partial charge on any atom is 0.0502 e. The van der Waals surface area contributed by atoms with E-state index in [1.165, 1.54) is 37.1 Å². The normalized spacial score (nSPS) is 27.3. The van der Waals surface area contributed by atoms with E-state index in [1.807, 2.05) is 0 Å². The zero-order valence-corrected chi connectivity index (χ0v) is 12.0. The smallest absolute Gasteiger partial charge is 0.0502 e. The molecule has 0 aromatic carbocycles. The molecule has 0 aromatic rings. The summed E-state index contributed by atoms with van der Waals surface area (Å²) in [5, 5.41) is 0. The van der Waals surface area contributed by atoms with Crippen molar-refractivity contribution in [1.29, 1.82) is 0 Å². The summed E-state index contributed by atoms with van der Waals surface area (Å²) in [6, 6.07) is 0.575. The summed E-state index contributed by atoms with van der Waals surface area (Å²) in [6.45, 7) is 9.69. The van der Waals surface area contributed by atoms with Crippen LogP contribution in [0.15, 0.2) is 9.98 Å². The van der Waals surface area contributed by atoms with Crippen molar-refractivity contribution in [2.24, 2.45) is 15.9 Å². The lowest BCUT2D eigenvalue weighted by Crippen LogP contribution is -2.21. The highest BCUT2D eigenvalue weighted by Gasteiger charge is 2.21. The third-order valence-electron chi connectivity index (χ3n) is 3.80. The second-order valence-corrected chi connectivity index (χ2v) is 5.33. The van der Waals surface area contributed by atoms with Crippen LogP contribution in [-0.4, -0.2) is 24.0 Å². The molecular weight excluding hydrogens is 208 g/mol. The lowest BCUT2D eigenvalue weighted by molar-refractivity contribution is 0.330. The summed E-state index contributed by atoms with van der Waals surface area (Å²) >= 11 is 0. The number of aliphatic imine (C=N–C) groups is 2. The van der Waals surface area contributed by atoms with E-state index in [0.29, 0.717) is 6.04 Å². The Hall–Kier alpha value is -0.660. The lowest BCUT2D eigenvalue weighted by atomic mass is 9.86. The average molecular weight is 236 g/mol. The van der Waals surface area contributed by atoms with Crippen molar-refractivity contribution in [3.63, 3.8) is 0 Å². The zero-order valence-electron chi connectivity index (χ0n) is 12.0. The molecule has 2 nitrogen and oxygen atoms in total. The Morgan fingerprint density at radius 2 is 1.76 bits per heavy atom. The molecule has 2 atom stereocenters. The first-order valence-electron chi connectivity index (χ1n) is 7.18. The van der Waals surface area contributed by atoms with Crippen LogP contribution in [0.2, 0.25) is 0 Å². The van der Waals surface area contributed by atoms with Crippen LogP contribution in [0.3, 0.4) is 0 Å². The molecule has 17 heavy (non-hydrogen) atoms. The highest BCUT2D eigenvalue weighted by Crippen LogP contribution is 2.27. The largest absolute Gasteiger partial charge is 0.294 e. The predicted octanol–water partition coefficient (Wildman–Crippen LogP) is 4.29. The van der Waals surface area contributed by atoms with Gasteiger partial charge in [0, 0.05) is 18.0 Å². The predicted molar refractivity (Wildman–Crippen MR) is 77.4 cm³/mol. The molecule has 0 radical (unpaired) electrons. The van der Waals surface area contributed by atoms with Crippen molar-refractivity contribution >= 4 is 11.4 Å². The molecule has 98 valence electrons. The Bertz CT molecular complexity index is 279. The fourth-order valence-corrected chi connectivity index (χ4v) is 2.35. The summed E-state index contributed by atoms with van der Waals surface area (Å²) in [6.07, 6.45) is 7.38. The van der Waals surface area contributed by atoms with Crippen molar-refractivity contribution < 1.29 is 0 Å². The Morgan fingerprint density at radius 3 is 2.41 bits per heavy atom. The first-order valence-corrected chi connectivity index (χ1v) is 7.18. The van der Waals surface area contributed by atoms with Gasteiger partial charge in [-0.3, -0.25) is 9.98 Å². The summed E-state index contributed by atoms with van der Waals surface area (Å²) in [7, 11) is 0. The Balaban J connectivity index is 2.44. The summed E-state index contributed by atoms with van der Waals surface area (Å²) in [4.78, 5) is 9.49. The molecule has 0 heterocycles. The van der Waals surface area contributed by atoms with Crippen LogP contribution in [0.4, 0.5) is 0 Å². The van der Waals surface area contributed by atoms with Crippen molar-refractivity contribution in [2.75, 3.05) is 6.54 Å². The van der Waals surface area contributed by atoms with Gasteiger partial charge in [-0.2, -0.15) is 0 Å². The van der Waals surface area contributed by atoms with Crippen LogP contribution in [0.25, 0.3) is 0 Å². The molecule has 1 saturated carbocycles. The monoisotopic (exact) mass is 236 g/mol. The first kappa shape index (κ1) is 14.4. The molecule has 1 aliphatic rings. The van der Waals surface area contributed by atoms with E-state index >= 15 is 0 Å². The van der Waals surface area contributed by atoms with Crippen LogP contribution in [0.5, 0.6) is 0 Å². The molecule has 1 fully saturated rings. The van der Waals surface area contributed by atoms with Crippen LogP contribution in [0.1, 0.15) is 66.2 Å². The molecule has 0 aliphatic heterocycles. The quantitative estimate of drug-likeness (QED) is 0.636. The fraction of sp³-hybridized carbons (Fsp3) is 0.867. The lowest BCUT2D eigenvalue weighted by Gasteiger charge is -2.26. The molecule has 0 amide bonds. The SMILES string of the molecule is CCC(C)=NCC1CCCC(N=C(C)CC)C1. The van der Waals surface area contributed by atoms with E-state index in [2.05, 4.69) is 32.7 Å². The summed E-state index contributed by atoms with van der Waals surface area (Å²) in [5.41, 5.74) is 2.60. The van der Waals surface area contributed by atoms with Gasteiger partial charge in [0.1, 0.15) is 0 Å². The highest BCUT2D eigenvalue weighted by molar-refractivity contribution is 5.82. The Kier molecular flexibility index (Phi) is 6.46. The maximum absolute atomic E-state index is 4.82. The van der Waals surface area contributed by atoms with Gasteiger partial charge in [0.05, 0.1) is 6.04 Å². The minimum atomic E-state index is 0.575. The average Bonchev–Trinajstić information content (AvgIpc) is 2.36. The number of hydrogen-bond donors (Lipinski definition) is 0. The molecule has 0 aromatic heterocycles. The van der Waals surface area contributed by atoms with Gasteiger partial charge in [-0.1, -0.05) is 20.3 Å². The van der Waals surface area contributed by atoms with Crippen molar-refractivity contribution in [3.05, 3.63) is 0 Å². The highest BCUT2D eigenvalue weighted by atomic mass is 14.8. The maximum atomic E-state index is 4.82. The van der Waals surface area contributed by atoms with E-state index in [0.717, 1.165) is 25.3 Å². The van der Waals surface area contributed by atoms with E-state index in [-0.39, 0.29) is 0 Å². The Labute approximate surface area is 107 Å². The second kappa shape index (κ2) is 7.62. The van der Waals surface area contributed by atoms with Crippen molar-refractivity contribution in [3.8, 4) is 0 Å². The number of rotatable bonds is 5. The molecule has 2 heteroatoms. The van der Waals surface area contributed by atoms with Crippen LogP contribution < -0.4 is 0 Å². The standard InChI is InChI=1S/C15H28N2/c1-5-12(3)16-11-14-8-7-9-15(10-14)17-13(4)6-2/h14-15H,5-11H2,1-4H3. The minimum Gasteiger partial charge on any atom is -0.294 e. The second-order valence-electron chi connectivity index (χ2n) is 5.33. The van der Waals surface area contributed by atoms with Crippen molar-refractivity contribution in [2.45, 2.75) is 72.3 Å². The van der Waals surface area contributed by atoms with Gasteiger partial charge >= 0.3 is 0 Å². The molecular formula is C15H28N2. The van der Waals surface area contributed by atoms with E-state index in [1.54, 1.807) is 0 Å². The fourth-order valence-electron chi connectivity index (χ4n) is 2.35. The van der Waals surface area contributed by atoms with Gasteiger partial charge < -0.3 is 0 Å². The van der Waals surface area contributed by atoms with E-state index in [4.69, 9.17) is 4.99 Å². The molecule has 0 saturated heterocycles. The third-order valence-corrected chi connectivity index (χ3v) is 3.80. The zero-order chi connectivity index (χ0) is 12.7. The van der Waals surface area contributed by atoms with Gasteiger partial charge in [0.2, 0.25) is 0 Å². The number of hydrogen-bond acceptors (Lipinski definition) is 2. The molecule has 1 rings (SSSR count). The topological polar surface area (TPSA) is 24.7 Å². The van der Waals surface area contributed by atoms with E-state index < -0.39 is 0 Å². The van der Waals surface area contributed by atoms with Crippen LogP contribution in [-0.2, 0) is 0 Å². The van der Waals surface area contributed by atoms with Gasteiger partial charge in [-0.25, -0.2) is 0 Å². The molecule has 0 bridgehead atoms. The molecule has 1 aliphatic carbocycles. The number of nitrogens with zero attached hydrogens (tertiary/aromatic N) is 2. The Morgan fingerprint density at radius 1 is 1.06 bits per heavy atom. The van der Waals surface area contributed by atoms with Crippen molar-refractivity contribution in [1.82, 2.24) is 0 Å².